The number of carbonyl (C=O) groups is 1. The number of hydrogen-bond acceptors (Lipinski definition) is 5. The van der Waals surface area contributed by atoms with Crippen LogP contribution in [-0.4, -0.2) is 30.4 Å². The van der Waals surface area contributed by atoms with Crippen molar-refractivity contribution in [2.24, 2.45) is 35.5 Å². The molecular weight excluding hydrogens is 524 g/mol. The third-order valence-corrected chi connectivity index (χ3v) is 9.69. The van der Waals surface area contributed by atoms with E-state index in [1.165, 1.54) is 5.56 Å². The van der Waals surface area contributed by atoms with Crippen molar-refractivity contribution in [3.63, 3.8) is 0 Å². The maximum absolute atomic E-state index is 12.3. The Morgan fingerprint density at radius 3 is 1.52 bits per heavy atom. The first-order valence-corrected chi connectivity index (χ1v) is 16.0. The van der Waals surface area contributed by atoms with Crippen molar-refractivity contribution in [3.05, 3.63) is 84.1 Å². The maximum atomic E-state index is 12.3. The predicted octanol–water partition coefficient (Wildman–Crippen LogP) is 8.62. The second-order valence-electron chi connectivity index (χ2n) is 12.6. The van der Waals surface area contributed by atoms with Gasteiger partial charge in [0.1, 0.15) is 24.1 Å². The number of esters is 1. The molecule has 0 saturated carbocycles. The Balaban J connectivity index is 0.000000230. The van der Waals surface area contributed by atoms with E-state index in [4.69, 9.17) is 18.9 Å². The van der Waals surface area contributed by atoms with Gasteiger partial charge in [-0.3, -0.25) is 0 Å². The highest BCUT2D eigenvalue weighted by Gasteiger charge is 2.44. The van der Waals surface area contributed by atoms with Crippen LogP contribution >= 0.6 is 0 Å². The minimum Gasteiger partial charge on any atom is -0.492 e. The zero-order chi connectivity index (χ0) is 30.8. The Labute approximate surface area is 255 Å². The van der Waals surface area contributed by atoms with Crippen LogP contribution in [0.1, 0.15) is 79.4 Å². The molecule has 10 atom stereocenters. The largest absolute Gasteiger partial charge is 0.492 e. The zero-order valence-electron chi connectivity index (χ0n) is 27.1. The number of ether oxygens (including phenoxy) is 4. The van der Waals surface area contributed by atoms with E-state index in [0.29, 0.717) is 42.8 Å². The summed E-state index contributed by atoms with van der Waals surface area (Å²) < 4.78 is 23.7. The Morgan fingerprint density at radius 1 is 0.667 bits per heavy atom. The average Bonchev–Trinajstić information content (AvgIpc) is 3.01. The lowest BCUT2D eigenvalue weighted by atomic mass is 9.78. The van der Waals surface area contributed by atoms with Gasteiger partial charge in [-0.15, -0.1) is 0 Å². The fourth-order valence-electron chi connectivity index (χ4n) is 6.03. The van der Waals surface area contributed by atoms with Crippen molar-refractivity contribution in [1.29, 1.82) is 0 Å². The van der Waals surface area contributed by atoms with Crippen LogP contribution in [0.25, 0.3) is 0 Å². The summed E-state index contributed by atoms with van der Waals surface area (Å²) in [5, 5.41) is 0. The molecule has 5 nitrogen and oxygen atoms in total. The van der Waals surface area contributed by atoms with Crippen LogP contribution in [0.5, 0.6) is 0 Å². The third-order valence-electron chi connectivity index (χ3n) is 9.69. The first-order chi connectivity index (χ1) is 20.1. The molecule has 4 unspecified atom stereocenters. The Bertz CT molecular complexity index is 998. The number of cyclic esters (lactones) is 1. The topological polar surface area (TPSA) is 54.0 Å². The van der Waals surface area contributed by atoms with Gasteiger partial charge in [0, 0.05) is 0 Å². The molecule has 0 aliphatic carbocycles. The quantitative estimate of drug-likeness (QED) is 0.264. The molecule has 42 heavy (non-hydrogen) atoms. The minimum absolute atomic E-state index is 0.00840. The highest BCUT2D eigenvalue weighted by Crippen LogP contribution is 2.38. The van der Waals surface area contributed by atoms with Gasteiger partial charge in [0.15, 0.2) is 6.10 Å². The van der Waals surface area contributed by atoms with Crippen molar-refractivity contribution < 1.29 is 23.7 Å². The SMILES string of the molecule is C=C1OC([C@H](C)CC)[C@@H](C)[C@H](C)C1OCc1ccccc1.CC[C@@H](C)C1OC(=O)C(OCc2ccccc2)[C@@H](C)[C@@H]1C. The van der Waals surface area contributed by atoms with E-state index in [9.17, 15) is 4.79 Å². The molecule has 2 saturated heterocycles. The summed E-state index contributed by atoms with van der Waals surface area (Å²) in [5.74, 6) is 2.92. The van der Waals surface area contributed by atoms with Gasteiger partial charge in [-0.25, -0.2) is 4.79 Å². The van der Waals surface area contributed by atoms with Crippen LogP contribution in [0.4, 0.5) is 0 Å². The van der Waals surface area contributed by atoms with E-state index < -0.39 is 6.10 Å². The van der Waals surface area contributed by atoms with E-state index in [0.717, 1.165) is 24.2 Å². The van der Waals surface area contributed by atoms with Gasteiger partial charge in [0.25, 0.3) is 0 Å². The summed E-state index contributed by atoms with van der Waals surface area (Å²) in [6.07, 6.45) is 1.94. The average molecular weight is 579 g/mol. The molecule has 2 aliphatic rings. The molecule has 0 N–H and O–H groups in total. The fourth-order valence-corrected chi connectivity index (χ4v) is 6.03. The van der Waals surface area contributed by atoms with Crippen molar-refractivity contribution in [2.75, 3.05) is 0 Å². The van der Waals surface area contributed by atoms with Crippen LogP contribution in [-0.2, 0) is 37.0 Å². The molecule has 2 fully saturated rings. The van der Waals surface area contributed by atoms with E-state index in [1.54, 1.807) is 0 Å². The van der Waals surface area contributed by atoms with Crippen molar-refractivity contribution >= 4 is 5.97 Å². The van der Waals surface area contributed by atoms with Gasteiger partial charge in [-0.05, 0) is 46.6 Å². The Morgan fingerprint density at radius 2 is 1.07 bits per heavy atom. The van der Waals surface area contributed by atoms with E-state index in [-0.39, 0.29) is 30.2 Å². The van der Waals surface area contributed by atoms with Crippen molar-refractivity contribution in [2.45, 2.75) is 106 Å². The molecule has 0 radical (unpaired) electrons. The van der Waals surface area contributed by atoms with Crippen LogP contribution in [0.2, 0.25) is 0 Å². The summed E-state index contributed by atoms with van der Waals surface area (Å²) in [6.45, 7) is 22.7. The third kappa shape index (κ3) is 8.70. The van der Waals surface area contributed by atoms with Gasteiger partial charge in [0.05, 0.1) is 13.2 Å². The van der Waals surface area contributed by atoms with Crippen LogP contribution in [0.15, 0.2) is 73.0 Å². The van der Waals surface area contributed by atoms with E-state index >= 15 is 0 Å². The molecule has 4 rings (SSSR count). The molecule has 2 aromatic rings. The standard InChI is InChI=1S/C19H28O2.C18H26O3/c1-6-13(2)18-14(3)15(4)19(16(5)21-18)20-12-17-10-8-7-9-11-17;1-5-12(2)16-13(3)14(4)17(18(19)21-16)20-11-15-9-7-6-8-10-15/h7-11,13-15,18-19H,5-6,12H2,1-4H3;6-10,12-14,16-17H,5,11H2,1-4H3/t13-,14+,15+,18?,19?;12-,13+,14+,16?,17?/m11/s1. The lowest BCUT2D eigenvalue weighted by Crippen LogP contribution is -2.49. The molecular formula is C37H54O5. The summed E-state index contributed by atoms with van der Waals surface area (Å²) in [6, 6.07) is 20.2. The summed E-state index contributed by atoms with van der Waals surface area (Å²) in [5.41, 5.74) is 2.27. The smallest absolute Gasteiger partial charge is 0.335 e. The summed E-state index contributed by atoms with van der Waals surface area (Å²) >= 11 is 0. The fraction of sp³-hybridized carbons (Fsp3) is 0.595. The van der Waals surface area contributed by atoms with Crippen LogP contribution in [0.3, 0.4) is 0 Å². The number of rotatable bonds is 10. The van der Waals surface area contributed by atoms with Crippen molar-refractivity contribution in [1.82, 2.24) is 0 Å². The lowest BCUT2D eigenvalue weighted by Gasteiger charge is -2.43. The molecule has 0 aromatic heterocycles. The molecule has 0 spiro atoms. The van der Waals surface area contributed by atoms with Gasteiger partial charge >= 0.3 is 5.97 Å². The van der Waals surface area contributed by atoms with Crippen molar-refractivity contribution in [3.8, 4) is 0 Å². The highest BCUT2D eigenvalue weighted by molar-refractivity contribution is 5.76. The first kappa shape index (κ1) is 33.9. The first-order valence-electron chi connectivity index (χ1n) is 16.0. The van der Waals surface area contributed by atoms with E-state index in [2.05, 4.69) is 74.1 Å². The maximum Gasteiger partial charge on any atom is 0.335 e. The lowest BCUT2D eigenvalue weighted by molar-refractivity contribution is -0.191. The molecule has 2 aromatic carbocycles. The molecule has 5 heteroatoms. The van der Waals surface area contributed by atoms with Gasteiger partial charge in [-0.2, -0.15) is 0 Å². The molecule has 2 heterocycles. The van der Waals surface area contributed by atoms with Crippen LogP contribution < -0.4 is 0 Å². The molecule has 232 valence electrons. The summed E-state index contributed by atoms with van der Waals surface area (Å²) in [7, 11) is 0. The molecule has 2 aliphatic heterocycles. The minimum atomic E-state index is -0.458. The second-order valence-corrected chi connectivity index (χ2v) is 12.6. The Hall–Kier alpha value is -2.63. The van der Waals surface area contributed by atoms with Gasteiger partial charge in [0.2, 0.25) is 0 Å². The predicted molar refractivity (Wildman–Crippen MR) is 169 cm³/mol. The van der Waals surface area contributed by atoms with Gasteiger partial charge in [-0.1, -0.05) is 135 Å². The molecule has 0 amide bonds. The Kier molecular flexibility index (Phi) is 13.1. The number of benzene rings is 2. The normalized spacial score (nSPS) is 30.8. The van der Waals surface area contributed by atoms with E-state index in [1.807, 2.05) is 48.5 Å². The van der Waals surface area contributed by atoms with Gasteiger partial charge < -0.3 is 18.9 Å². The highest BCUT2D eigenvalue weighted by atomic mass is 16.6. The zero-order valence-corrected chi connectivity index (χ0v) is 27.1. The monoisotopic (exact) mass is 578 g/mol. The second kappa shape index (κ2) is 16.3. The molecule has 0 bridgehead atoms. The van der Waals surface area contributed by atoms with Crippen LogP contribution in [0, 0.1) is 35.5 Å². The number of carbonyl (C=O) groups excluding carboxylic acids is 1. The summed E-state index contributed by atoms with van der Waals surface area (Å²) in [4.78, 5) is 12.3. The number of hydrogen-bond donors (Lipinski definition) is 0.